The molecule has 0 spiro atoms. The normalized spacial score (nSPS) is 16.6. The van der Waals surface area contributed by atoms with Crippen LogP contribution in [0.2, 0.25) is 0 Å². The van der Waals surface area contributed by atoms with Crippen LogP contribution >= 0.6 is 11.5 Å². The van der Waals surface area contributed by atoms with Crippen molar-refractivity contribution in [3.8, 4) is 17.1 Å². The maximum Gasteiger partial charge on any atom is 0.284 e. The molecule has 39 heavy (non-hydrogen) atoms. The molecule has 10 nitrogen and oxygen atoms in total. The highest BCUT2D eigenvalue weighted by Gasteiger charge is 2.43. The number of piperazine rings is 1. The molecule has 1 aliphatic rings. The zero-order valence-corrected chi connectivity index (χ0v) is 22.2. The van der Waals surface area contributed by atoms with E-state index < -0.39 is 23.3 Å². The fourth-order valence-electron chi connectivity index (χ4n) is 4.76. The van der Waals surface area contributed by atoms with Gasteiger partial charge in [0.25, 0.3) is 5.91 Å². The van der Waals surface area contributed by atoms with Gasteiger partial charge in [0.2, 0.25) is 5.01 Å². The van der Waals surface area contributed by atoms with Gasteiger partial charge in [0.15, 0.2) is 5.82 Å². The van der Waals surface area contributed by atoms with E-state index in [0.29, 0.717) is 42.8 Å². The summed E-state index contributed by atoms with van der Waals surface area (Å²) in [5, 5.41) is 16.2. The largest absolute Gasteiger partial charge is 0.497 e. The summed E-state index contributed by atoms with van der Waals surface area (Å²) in [4.78, 5) is 25.2. The number of nitrogens with zero attached hydrogens (tertiary/aromatic N) is 7. The number of ether oxygens (including phenoxy) is 1. The molecule has 5 rings (SSSR count). The molecule has 1 fully saturated rings. The van der Waals surface area contributed by atoms with Gasteiger partial charge in [-0.2, -0.15) is 9.47 Å². The van der Waals surface area contributed by atoms with Crippen LogP contribution in [0.5, 0.6) is 5.75 Å². The summed E-state index contributed by atoms with van der Waals surface area (Å²) >= 11 is 1.04. The molecule has 1 N–H and O–H groups in total. The third kappa shape index (κ3) is 5.51. The topological polar surface area (TPSA) is 110 Å². The summed E-state index contributed by atoms with van der Waals surface area (Å²) in [7, 11) is 1.59. The van der Waals surface area contributed by atoms with Crippen molar-refractivity contribution in [3.05, 3.63) is 77.3 Å². The van der Waals surface area contributed by atoms with E-state index in [1.807, 2.05) is 17.0 Å². The van der Waals surface area contributed by atoms with Crippen LogP contribution < -0.4 is 4.74 Å². The van der Waals surface area contributed by atoms with Crippen molar-refractivity contribution in [3.63, 3.8) is 0 Å². The van der Waals surface area contributed by atoms with Crippen LogP contribution in [-0.4, -0.2) is 84.3 Å². The molecule has 0 unspecified atom stereocenters. The number of carbonyl (C=O) groups is 1. The van der Waals surface area contributed by atoms with E-state index in [4.69, 9.17) is 4.74 Å². The molecule has 0 aliphatic carbocycles. The van der Waals surface area contributed by atoms with Gasteiger partial charge >= 0.3 is 0 Å². The van der Waals surface area contributed by atoms with Gasteiger partial charge in [-0.15, -0.1) is 0 Å². The first-order valence-electron chi connectivity index (χ1n) is 12.3. The molecule has 13 heteroatoms. The number of hydrogen-bond donors (Lipinski definition) is 1. The third-order valence-corrected chi connectivity index (χ3v) is 7.77. The number of aromatic nitrogens is 5. The van der Waals surface area contributed by atoms with Crippen LogP contribution in [-0.2, 0) is 12.1 Å². The Morgan fingerprint density at radius 2 is 1.90 bits per heavy atom. The van der Waals surface area contributed by atoms with E-state index in [1.165, 1.54) is 23.4 Å². The van der Waals surface area contributed by atoms with E-state index in [0.717, 1.165) is 29.2 Å². The average Bonchev–Trinajstić information content (AvgIpc) is 3.65. The standard InChI is InChI=1S/C26H27F2N7O3S/c1-17(26(37,14-35-16-29-15-30-35)21-8-5-19(27)13-22(21)28)33-9-11-34(12-10-33)25(36)24-31-23(32-39-24)18-3-6-20(38-2)7-4-18/h3-8,13,15-17,37H,9-12,14H2,1-2H3/t17-,26-/m1/s1. The maximum atomic E-state index is 14.9. The van der Waals surface area contributed by atoms with Gasteiger partial charge in [0, 0.05) is 49.4 Å². The van der Waals surface area contributed by atoms with Crippen LogP contribution in [0.3, 0.4) is 0 Å². The second kappa shape index (κ2) is 11.1. The lowest BCUT2D eigenvalue weighted by Crippen LogP contribution is -2.58. The van der Waals surface area contributed by atoms with Gasteiger partial charge in [-0.05, 0) is 48.8 Å². The Balaban J connectivity index is 1.29. The first-order valence-corrected chi connectivity index (χ1v) is 13.1. The fraction of sp³-hybridized carbons (Fsp3) is 0.346. The molecule has 0 saturated carbocycles. The van der Waals surface area contributed by atoms with Gasteiger partial charge < -0.3 is 14.7 Å². The number of aliphatic hydroxyl groups is 1. The molecule has 2 aromatic heterocycles. The molecule has 4 aromatic rings. The number of benzene rings is 2. The predicted molar refractivity (Wildman–Crippen MR) is 139 cm³/mol. The summed E-state index contributed by atoms with van der Waals surface area (Å²) in [5.74, 6) is -0.610. The van der Waals surface area contributed by atoms with E-state index in [2.05, 4.69) is 19.4 Å². The van der Waals surface area contributed by atoms with Gasteiger partial charge in [0.05, 0.1) is 13.7 Å². The second-order valence-corrected chi connectivity index (χ2v) is 10.0. The molecular formula is C26H27F2N7O3S. The average molecular weight is 556 g/mol. The van der Waals surface area contributed by atoms with Crippen molar-refractivity contribution in [1.29, 1.82) is 0 Å². The zero-order chi connectivity index (χ0) is 27.6. The smallest absolute Gasteiger partial charge is 0.284 e. The van der Waals surface area contributed by atoms with Gasteiger partial charge in [-0.3, -0.25) is 9.69 Å². The maximum absolute atomic E-state index is 14.9. The SMILES string of the molecule is COc1ccc(-c2nsc(C(=O)N3CCN([C@H](C)[C@](O)(Cn4cncn4)c4ccc(F)cc4F)CC3)n2)cc1. The summed E-state index contributed by atoms with van der Waals surface area (Å²) in [6.07, 6.45) is 2.75. The predicted octanol–water partition coefficient (Wildman–Crippen LogP) is 2.82. The molecule has 1 amide bonds. The Morgan fingerprint density at radius 3 is 2.54 bits per heavy atom. The van der Waals surface area contributed by atoms with Crippen molar-refractivity contribution in [2.75, 3.05) is 33.3 Å². The minimum absolute atomic E-state index is 0.0367. The third-order valence-electron chi connectivity index (χ3n) is 7.06. The summed E-state index contributed by atoms with van der Waals surface area (Å²) < 4.78 is 39.5. The Bertz CT molecular complexity index is 1430. The molecule has 0 bridgehead atoms. The number of carbonyl (C=O) groups excluding carboxylic acids is 1. The Morgan fingerprint density at radius 1 is 1.15 bits per heavy atom. The Hall–Kier alpha value is -3.81. The van der Waals surface area contributed by atoms with E-state index >= 15 is 0 Å². The molecule has 2 aromatic carbocycles. The second-order valence-electron chi connectivity index (χ2n) is 9.30. The fourth-order valence-corrected chi connectivity index (χ4v) is 5.42. The van der Waals surface area contributed by atoms with Crippen molar-refractivity contribution in [2.24, 2.45) is 0 Å². The van der Waals surface area contributed by atoms with Crippen LogP contribution in [0.25, 0.3) is 11.4 Å². The molecular weight excluding hydrogens is 528 g/mol. The van der Waals surface area contributed by atoms with Crippen molar-refractivity contribution >= 4 is 17.4 Å². The lowest BCUT2D eigenvalue weighted by Gasteiger charge is -2.44. The lowest BCUT2D eigenvalue weighted by atomic mass is 9.85. The highest BCUT2D eigenvalue weighted by Crippen LogP contribution is 2.33. The summed E-state index contributed by atoms with van der Waals surface area (Å²) in [5.41, 5.74) is -1.00. The van der Waals surface area contributed by atoms with Crippen LogP contribution in [0, 0.1) is 11.6 Å². The quantitative estimate of drug-likeness (QED) is 0.354. The first kappa shape index (κ1) is 26.8. The number of rotatable bonds is 8. The van der Waals surface area contributed by atoms with Crippen molar-refractivity contribution in [1.82, 2.24) is 33.9 Å². The Kier molecular flexibility index (Phi) is 7.64. The van der Waals surface area contributed by atoms with Crippen LogP contribution in [0.4, 0.5) is 8.78 Å². The van der Waals surface area contributed by atoms with E-state index in [9.17, 15) is 18.7 Å². The number of methoxy groups -OCH3 is 1. The van der Waals surface area contributed by atoms with Gasteiger partial charge in [0.1, 0.15) is 35.6 Å². The molecule has 3 heterocycles. The molecule has 1 saturated heterocycles. The van der Waals surface area contributed by atoms with Crippen LogP contribution in [0.15, 0.2) is 55.1 Å². The molecule has 0 radical (unpaired) electrons. The van der Waals surface area contributed by atoms with E-state index in [1.54, 1.807) is 31.1 Å². The molecule has 1 aliphatic heterocycles. The van der Waals surface area contributed by atoms with E-state index in [-0.39, 0.29) is 18.0 Å². The molecule has 2 atom stereocenters. The minimum atomic E-state index is -1.75. The van der Waals surface area contributed by atoms with Gasteiger partial charge in [-0.1, -0.05) is 6.07 Å². The zero-order valence-electron chi connectivity index (χ0n) is 21.4. The van der Waals surface area contributed by atoms with Gasteiger partial charge in [-0.25, -0.2) is 23.4 Å². The number of halogens is 2. The highest BCUT2D eigenvalue weighted by atomic mass is 32.1. The summed E-state index contributed by atoms with van der Waals surface area (Å²) in [6.45, 7) is 3.31. The summed E-state index contributed by atoms with van der Waals surface area (Å²) in [6, 6.07) is 9.82. The Labute approximate surface area is 227 Å². The first-order chi connectivity index (χ1) is 18.8. The lowest BCUT2D eigenvalue weighted by molar-refractivity contribution is -0.0719. The number of amides is 1. The monoisotopic (exact) mass is 555 g/mol. The molecule has 204 valence electrons. The number of hydrogen-bond acceptors (Lipinski definition) is 9. The minimum Gasteiger partial charge on any atom is -0.497 e. The highest BCUT2D eigenvalue weighted by molar-refractivity contribution is 7.07. The van der Waals surface area contributed by atoms with Crippen molar-refractivity contribution < 1.29 is 23.4 Å². The van der Waals surface area contributed by atoms with Crippen molar-refractivity contribution in [2.45, 2.75) is 25.1 Å². The van der Waals surface area contributed by atoms with Crippen LogP contribution in [0.1, 0.15) is 22.3 Å².